The lowest BCUT2D eigenvalue weighted by Crippen LogP contribution is -2.34. The normalized spacial score (nSPS) is 14.6. The third-order valence-electron chi connectivity index (χ3n) is 5.49. The number of Topliss-reactive ketones (excluding diaryl/α,β-unsaturated/α-hetero) is 1. The van der Waals surface area contributed by atoms with Crippen molar-refractivity contribution in [2.45, 2.75) is 25.4 Å². The molecule has 0 atom stereocenters. The summed E-state index contributed by atoms with van der Waals surface area (Å²) in [4.78, 5) is 17.3. The van der Waals surface area contributed by atoms with Crippen LogP contribution in [0, 0.1) is 0 Å². The Morgan fingerprint density at radius 1 is 1.06 bits per heavy atom. The Bertz CT molecular complexity index is 1190. The van der Waals surface area contributed by atoms with Crippen molar-refractivity contribution in [2.75, 3.05) is 13.1 Å². The zero-order chi connectivity index (χ0) is 21.0. The van der Waals surface area contributed by atoms with Gasteiger partial charge in [0.1, 0.15) is 22.4 Å². The van der Waals surface area contributed by atoms with Gasteiger partial charge in [-0.3, -0.25) is 9.78 Å². The second-order valence-corrected chi connectivity index (χ2v) is 8.51. The van der Waals surface area contributed by atoms with Gasteiger partial charge in [0, 0.05) is 28.4 Å². The Kier molecular flexibility index (Phi) is 5.69. The van der Waals surface area contributed by atoms with E-state index in [1.165, 1.54) is 11.3 Å². The van der Waals surface area contributed by atoms with Gasteiger partial charge in [-0.2, -0.15) is 0 Å². The number of benzene rings is 2. The molecule has 1 fully saturated rings. The van der Waals surface area contributed by atoms with Gasteiger partial charge in [-0.15, -0.1) is 10.2 Å². The number of fused-ring (bicyclic) bond motifs is 1. The molecule has 5 rings (SSSR count). The van der Waals surface area contributed by atoms with Crippen LogP contribution in [0.4, 0.5) is 0 Å². The summed E-state index contributed by atoms with van der Waals surface area (Å²) in [6.45, 7) is 1.98. The van der Waals surface area contributed by atoms with E-state index in [4.69, 9.17) is 4.74 Å². The van der Waals surface area contributed by atoms with Crippen LogP contribution in [0.25, 0.3) is 21.3 Å². The zero-order valence-corrected chi connectivity index (χ0v) is 17.8. The molecular formula is C24H22N4O2S. The van der Waals surface area contributed by atoms with Gasteiger partial charge in [-0.05, 0) is 67.7 Å². The number of ketones is 1. The molecule has 2 aromatic heterocycles. The Hall–Kier alpha value is -3.16. The summed E-state index contributed by atoms with van der Waals surface area (Å²) < 4.78 is 6.03. The molecular weight excluding hydrogens is 408 g/mol. The van der Waals surface area contributed by atoms with E-state index in [0.717, 1.165) is 58.7 Å². The Morgan fingerprint density at radius 2 is 1.90 bits per heavy atom. The maximum atomic E-state index is 12.8. The first-order chi connectivity index (χ1) is 15.2. The molecule has 1 saturated heterocycles. The first-order valence-corrected chi connectivity index (χ1v) is 11.3. The molecule has 0 unspecified atom stereocenters. The zero-order valence-electron chi connectivity index (χ0n) is 17.0. The number of nitrogens with one attached hydrogen (secondary N) is 1. The van der Waals surface area contributed by atoms with Crippen LogP contribution in [0.15, 0.2) is 60.2 Å². The first kappa shape index (κ1) is 19.8. The Balaban J connectivity index is 1.29. The van der Waals surface area contributed by atoms with Crippen LogP contribution in [0.5, 0.6) is 5.75 Å². The van der Waals surface area contributed by atoms with E-state index in [2.05, 4.69) is 26.6 Å². The second-order valence-electron chi connectivity index (χ2n) is 7.67. The smallest absolute Gasteiger partial charge is 0.168 e. The van der Waals surface area contributed by atoms with Gasteiger partial charge in [0.25, 0.3) is 0 Å². The highest BCUT2D eigenvalue weighted by Gasteiger charge is 2.15. The molecule has 7 heteroatoms. The average Bonchev–Trinajstić information content (AvgIpc) is 3.35. The number of piperidine rings is 1. The van der Waals surface area contributed by atoms with Crippen molar-refractivity contribution >= 4 is 27.9 Å². The number of hydrogen-bond acceptors (Lipinski definition) is 7. The fraction of sp³-hybridized carbons (Fsp3) is 0.250. The number of hydrogen-bond donors (Lipinski definition) is 1. The number of pyridine rings is 1. The average molecular weight is 431 g/mol. The maximum Gasteiger partial charge on any atom is 0.168 e. The standard InChI is InChI=1S/C24H22N4O2S/c29-23(16-3-5-21(6-4-16)30-22-7-9-25-10-8-22)13-20-12-19-11-17(24-28-27-15-31-24)1-2-18(19)14-26-20/h1-6,11-12,14-15,22,25H,7-10,13H2. The topological polar surface area (TPSA) is 77.0 Å². The molecule has 2 aromatic carbocycles. The molecule has 0 radical (unpaired) electrons. The van der Waals surface area contributed by atoms with Gasteiger partial charge in [-0.25, -0.2) is 0 Å². The van der Waals surface area contributed by atoms with Crippen molar-refractivity contribution in [3.05, 3.63) is 71.5 Å². The molecule has 0 aliphatic carbocycles. The molecule has 3 heterocycles. The van der Waals surface area contributed by atoms with Crippen molar-refractivity contribution in [3.63, 3.8) is 0 Å². The fourth-order valence-electron chi connectivity index (χ4n) is 3.81. The SMILES string of the molecule is O=C(Cc1cc2cc(-c3nncs3)ccc2cn1)c1ccc(OC2CCNCC2)cc1. The van der Waals surface area contributed by atoms with Gasteiger partial charge >= 0.3 is 0 Å². The van der Waals surface area contributed by atoms with E-state index in [1.807, 2.05) is 48.7 Å². The van der Waals surface area contributed by atoms with Crippen LogP contribution in [-0.4, -0.2) is 40.2 Å². The van der Waals surface area contributed by atoms with Gasteiger partial charge in [-0.1, -0.05) is 23.5 Å². The molecule has 156 valence electrons. The molecule has 0 amide bonds. The second kappa shape index (κ2) is 8.91. The maximum absolute atomic E-state index is 12.8. The molecule has 4 aromatic rings. The lowest BCUT2D eigenvalue weighted by molar-refractivity contribution is 0.0992. The summed E-state index contributed by atoms with van der Waals surface area (Å²) in [6, 6.07) is 15.5. The highest BCUT2D eigenvalue weighted by Crippen LogP contribution is 2.26. The van der Waals surface area contributed by atoms with Crippen LogP contribution in [0.2, 0.25) is 0 Å². The predicted octanol–water partition coefficient (Wildman–Crippen LogP) is 4.31. The first-order valence-electron chi connectivity index (χ1n) is 10.4. The monoisotopic (exact) mass is 430 g/mol. The van der Waals surface area contributed by atoms with Crippen molar-refractivity contribution < 1.29 is 9.53 Å². The number of carbonyl (C=O) groups is 1. The number of aromatic nitrogens is 3. The summed E-state index contributed by atoms with van der Waals surface area (Å²) >= 11 is 1.50. The van der Waals surface area contributed by atoms with Crippen LogP contribution in [0.1, 0.15) is 28.9 Å². The summed E-state index contributed by atoms with van der Waals surface area (Å²) in [7, 11) is 0. The summed E-state index contributed by atoms with van der Waals surface area (Å²) in [5, 5.41) is 14.3. The highest BCUT2D eigenvalue weighted by atomic mass is 32.1. The fourth-order valence-corrected chi connectivity index (χ4v) is 4.36. The van der Waals surface area contributed by atoms with E-state index in [0.29, 0.717) is 5.56 Å². The van der Waals surface area contributed by atoms with Crippen LogP contribution in [-0.2, 0) is 6.42 Å². The largest absolute Gasteiger partial charge is 0.490 e. The van der Waals surface area contributed by atoms with Crippen molar-refractivity contribution in [1.82, 2.24) is 20.5 Å². The third-order valence-corrected chi connectivity index (χ3v) is 6.23. The van der Waals surface area contributed by atoms with E-state index in [1.54, 1.807) is 5.51 Å². The molecule has 1 aliphatic heterocycles. The van der Waals surface area contributed by atoms with Crippen LogP contribution >= 0.6 is 11.3 Å². The summed E-state index contributed by atoms with van der Waals surface area (Å²) in [5.74, 6) is 0.858. The molecule has 1 aliphatic rings. The predicted molar refractivity (Wildman–Crippen MR) is 122 cm³/mol. The molecule has 0 spiro atoms. The van der Waals surface area contributed by atoms with Gasteiger partial charge in [0.05, 0.1) is 6.42 Å². The highest BCUT2D eigenvalue weighted by molar-refractivity contribution is 7.12. The number of ether oxygens (including phenoxy) is 1. The Labute approximate surface area is 184 Å². The van der Waals surface area contributed by atoms with Crippen LogP contribution < -0.4 is 10.1 Å². The number of nitrogens with zero attached hydrogens (tertiary/aromatic N) is 3. The molecule has 6 nitrogen and oxygen atoms in total. The minimum absolute atomic E-state index is 0.0422. The Morgan fingerprint density at radius 3 is 2.68 bits per heavy atom. The summed E-state index contributed by atoms with van der Waals surface area (Å²) in [6.07, 6.45) is 4.34. The minimum Gasteiger partial charge on any atom is -0.490 e. The minimum atomic E-state index is 0.0422. The van der Waals surface area contributed by atoms with Crippen molar-refractivity contribution in [2.24, 2.45) is 0 Å². The summed E-state index contributed by atoms with van der Waals surface area (Å²) in [5.41, 5.74) is 4.16. The quantitative estimate of drug-likeness (QED) is 0.460. The molecule has 1 N–H and O–H groups in total. The van der Waals surface area contributed by atoms with Crippen molar-refractivity contribution in [1.29, 1.82) is 0 Å². The van der Waals surface area contributed by atoms with E-state index in [-0.39, 0.29) is 18.3 Å². The van der Waals surface area contributed by atoms with E-state index < -0.39 is 0 Å². The lowest BCUT2D eigenvalue weighted by atomic mass is 10.0. The van der Waals surface area contributed by atoms with E-state index in [9.17, 15) is 4.79 Å². The van der Waals surface area contributed by atoms with Gasteiger partial charge in [0.2, 0.25) is 0 Å². The van der Waals surface area contributed by atoms with Crippen molar-refractivity contribution in [3.8, 4) is 16.3 Å². The molecule has 0 bridgehead atoms. The molecule has 0 saturated carbocycles. The van der Waals surface area contributed by atoms with E-state index >= 15 is 0 Å². The molecule has 31 heavy (non-hydrogen) atoms. The third kappa shape index (κ3) is 4.62. The number of rotatable bonds is 6. The number of carbonyl (C=O) groups excluding carboxylic acids is 1. The lowest BCUT2D eigenvalue weighted by Gasteiger charge is -2.23. The van der Waals surface area contributed by atoms with Crippen LogP contribution in [0.3, 0.4) is 0 Å². The van der Waals surface area contributed by atoms with Gasteiger partial charge in [0.15, 0.2) is 5.78 Å². The van der Waals surface area contributed by atoms with Gasteiger partial charge < -0.3 is 10.1 Å².